The summed E-state index contributed by atoms with van der Waals surface area (Å²) in [6.07, 6.45) is 5.18. The fourth-order valence-corrected chi connectivity index (χ4v) is 4.09. The first-order valence-electron chi connectivity index (χ1n) is 10.8. The SMILES string of the molecule is CC(CCN1CCCCC1)N(Cc1ccccc1)c1cc(-c2ccccc2)no1. The van der Waals surface area contributed by atoms with Crippen LogP contribution in [0, 0.1) is 0 Å². The maximum Gasteiger partial charge on any atom is 0.228 e. The van der Waals surface area contributed by atoms with Gasteiger partial charge in [0.2, 0.25) is 5.88 Å². The van der Waals surface area contributed by atoms with Gasteiger partial charge in [-0.25, -0.2) is 0 Å². The van der Waals surface area contributed by atoms with E-state index >= 15 is 0 Å². The van der Waals surface area contributed by atoms with Gasteiger partial charge in [-0.15, -0.1) is 0 Å². The molecule has 4 heteroatoms. The highest BCUT2D eigenvalue weighted by Gasteiger charge is 2.21. The zero-order valence-electron chi connectivity index (χ0n) is 17.3. The number of aromatic nitrogens is 1. The Labute approximate surface area is 174 Å². The number of likely N-dealkylation sites (tertiary alicyclic amines) is 1. The normalized spacial score (nSPS) is 15.9. The summed E-state index contributed by atoms with van der Waals surface area (Å²) in [6.45, 7) is 6.76. The van der Waals surface area contributed by atoms with Crippen LogP contribution in [0.25, 0.3) is 11.3 Å². The molecule has 1 fully saturated rings. The molecule has 1 saturated heterocycles. The molecular weight excluding hydrogens is 358 g/mol. The lowest BCUT2D eigenvalue weighted by molar-refractivity contribution is 0.220. The van der Waals surface area contributed by atoms with Gasteiger partial charge < -0.3 is 14.3 Å². The number of benzene rings is 2. The van der Waals surface area contributed by atoms with Crippen molar-refractivity contribution in [2.75, 3.05) is 24.5 Å². The molecule has 0 N–H and O–H groups in total. The molecule has 3 aromatic rings. The highest BCUT2D eigenvalue weighted by Crippen LogP contribution is 2.27. The smallest absolute Gasteiger partial charge is 0.228 e. The highest BCUT2D eigenvalue weighted by atomic mass is 16.5. The van der Waals surface area contributed by atoms with Crippen LogP contribution < -0.4 is 4.90 Å². The quantitative estimate of drug-likeness (QED) is 0.501. The summed E-state index contributed by atoms with van der Waals surface area (Å²) >= 11 is 0. The number of nitrogens with zero attached hydrogens (tertiary/aromatic N) is 3. The molecular formula is C25H31N3O. The van der Waals surface area contributed by atoms with Crippen molar-refractivity contribution < 1.29 is 4.52 Å². The van der Waals surface area contributed by atoms with Gasteiger partial charge in [0.15, 0.2) is 0 Å². The van der Waals surface area contributed by atoms with Gasteiger partial charge in [-0.2, -0.15) is 0 Å². The number of rotatable bonds is 8. The minimum Gasteiger partial charge on any atom is -0.338 e. The fraction of sp³-hybridized carbons (Fsp3) is 0.400. The molecule has 1 aliphatic rings. The summed E-state index contributed by atoms with van der Waals surface area (Å²) in [4.78, 5) is 4.97. The maximum absolute atomic E-state index is 5.83. The van der Waals surface area contributed by atoms with Gasteiger partial charge in [-0.05, 0) is 44.8 Å². The van der Waals surface area contributed by atoms with Crippen LogP contribution >= 0.6 is 0 Å². The molecule has 0 radical (unpaired) electrons. The standard InChI is InChI=1S/C25H31N3O/c1-21(15-18-27-16-9-4-10-17-27)28(20-22-11-5-2-6-12-22)25-19-24(26-29-25)23-13-7-3-8-14-23/h2-3,5-8,11-14,19,21H,4,9-10,15-18,20H2,1H3. The lowest BCUT2D eigenvalue weighted by Crippen LogP contribution is -2.37. The van der Waals surface area contributed by atoms with E-state index in [0.717, 1.165) is 36.7 Å². The third kappa shape index (κ3) is 5.27. The third-order valence-electron chi connectivity index (χ3n) is 5.89. The zero-order valence-corrected chi connectivity index (χ0v) is 17.3. The largest absolute Gasteiger partial charge is 0.338 e. The Balaban J connectivity index is 1.51. The van der Waals surface area contributed by atoms with Gasteiger partial charge >= 0.3 is 0 Å². The number of hydrogen-bond donors (Lipinski definition) is 0. The van der Waals surface area contributed by atoms with Gasteiger partial charge in [-0.3, -0.25) is 0 Å². The zero-order chi connectivity index (χ0) is 19.9. The molecule has 1 atom stereocenters. The van der Waals surface area contributed by atoms with Gasteiger partial charge in [0.1, 0.15) is 5.69 Å². The summed E-state index contributed by atoms with van der Waals surface area (Å²) in [5, 5.41) is 4.35. The van der Waals surface area contributed by atoms with Crippen LogP contribution in [0.2, 0.25) is 0 Å². The average molecular weight is 390 g/mol. The number of hydrogen-bond acceptors (Lipinski definition) is 4. The first-order valence-corrected chi connectivity index (χ1v) is 10.8. The minimum atomic E-state index is 0.369. The monoisotopic (exact) mass is 389 g/mol. The molecule has 1 unspecified atom stereocenters. The Hall–Kier alpha value is -2.59. The van der Waals surface area contributed by atoms with E-state index in [9.17, 15) is 0 Å². The fourth-order valence-electron chi connectivity index (χ4n) is 4.09. The summed E-state index contributed by atoms with van der Waals surface area (Å²) in [5.74, 6) is 0.846. The van der Waals surface area contributed by atoms with E-state index in [1.54, 1.807) is 0 Å². The van der Waals surface area contributed by atoms with Gasteiger partial charge in [-0.1, -0.05) is 72.2 Å². The van der Waals surface area contributed by atoms with Crippen LogP contribution in [0.15, 0.2) is 71.3 Å². The van der Waals surface area contributed by atoms with Crippen molar-refractivity contribution in [3.8, 4) is 11.3 Å². The molecule has 1 aliphatic heterocycles. The molecule has 0 saturated carbocycles. The van der Waals surface area contributed by atoms with Crippen LogP contribution in [-0.2, 0) is 6.54 Å². The van der Waals surface area contributed by atoms with Crippen LogP contribution in [0.3, 0.4) is 0 Å². The summed E-state index contributed by atoms with van der Waals surface area (Å²) in [5.41, 5.74) is 3.26. The molecule has 4 rings (SSSR count). The minimum absolute atomic E-state index is 0.369. The van der Waals surface area contributed by atoms with Crippen molar-refractivity contribution in [1.29, 1.82) is 0 Å². The number of anilines is 1. The van der Waals surface area contributed by atoms with E-state index in [0.29, 0.717) is 6.04 Å². The Bertz CT molecular complexity index is 856. The van der Waals surface area contributed by atoms with Gasteiger partial charge in [0.25, 0.3) is 0 Å². The van der Waals surface area contributed by atoms with Crippen LogP contribution in [0.5, 0.6) is 0 Å². The molecule has 0 bridgehead atoms. The number of piperidine rings is 1. The molecule has 4 nitrogen and oxygen atoms in total. The van der Waals surface area contributed by atoms with Gasteiger partial charge in [0.05, 0.1) is 0 Å². The van der Waals surface area contributed by atoms with E-state index in [-0.39, 0.29) is 0 Å². The van der Waals surface area contributed by atoms with E-state index < -0.39 is 0 Å². The van der Waals surface area contributed by atoms with Crippen molar-refractivity contribution in [2.24, 2.45) is 0 Å². The van der Waals surface area contributed by atoms with Crippen molar-refractivity contribution in [3.05, 3.63) is 72.3 Å². The second-order valence-electron chi connectivity index (χ2n) is 8.07. The summed E-state index contributed by atoms with van der Waals surface area (Å²) in [7, 11) is 0. The Morgan fingerprint density at radius 1 is 0.966 bits per heavy atom. The summed E-state index contributed by atoms with van der Waals surface area (Å²) < 4.78 is 5.83. The second kappa shape index (κ2) is 9.75. The average Bonchev–Trinajstić information content (AvgIpc) is 3.28. The molecule has 0 spiro atoms. The molecule has 0 amide bonds. The van der Waals surface area contributed by atoms with E-state index in [1.807, 2.05) is 18.2 Å². The van der Waals surface area contributed by atoms with Crippen LogP contribution in [-0.4, -0.2) is 35.7 Å². The van der Waals surface area contributed by atoms with Crippen LogP contribution in [0.1, 0.15) is 38.2 Å². The van der Waals surface area contributed by atoms with Crippen molar-refractivity contribution in [3.63, 3.8) is 0 Å². The highest BCUT2D eigenvalue weighted by molar-refractivity contribution is 5.62. The van der Waals surface area contributed by atoms with Crippen molar-refractivity contribution in [1.82, 2.24) is 10.1 Å². The van der Waals surface area contributed by atoms with E-state index in [2.05, 4.69) is 70.4 Å². The van der Waals surface area contributed by atoms with E-state index in [1.165, 1.54) is 37.9 Å². The second-order valence-corrected chi connectivity index (χ2v) is 8.07. The summed E-state index contributed by atoms with van der Waals surface area (Å²) in [6, 6.07) is 23.3. The Morgan fingerprint density at radius 2 is 1.66 bits per heavy atom. The third-order valence-corrected chi connectivity index (χ3v) is 5.89. The molecule has 0 aliphatic carbocycles. The first kappa shape index (κ1) is 19.7. The molecule has 2 aromatic carbocycles. The first-order chi connectivity index (χ1) is 14.3. The Kier molecular flexibility index (Phi) is 6.63. The van der Waals surface area contributed by atoms with Crippen molar-refractivity contribution >= 4 is 5.88 Å². The van der Waals surface area contributed by atoms with Crippen LogP contribution in [0.4, 0.5) is 5.88 Å². The predicted octanol–water partition coefficient (Wildman–Crippen LogP) is 5.61. The van der Waals surface area contributed by atoms with E-state index in [4.69, 9.17) is 4.52 Å². The lowest BCUT2D eigenvalue weighted by atomic mass is 10.1. The van der Waals surface area contributed by atoms with Crippen molar-refractivity contribution in [2.45, 2.75) is 45.2 Å². The van der Waals surface area contributed by atoms with Gasteiger partial charge in [0, 0.05) is 30.8 Å². The molecule has 29 heavy (non-hydrogen) atoms. The molecule has 1 aromatic heterocycles. The predicted molar refractivity (Wildman–Crippen MR) is 119 cm³/mol. The topological polar surface area (TPSA) is 32.5 Å². The molecule has 2 heterocycles. The molecule has 152 valence electrons. The Morgan fingerprint density at radius 3 is 2.38 bits per heavy atom. The lowest BCUT2D eigenvalue weighted by Gasteiger charge is -2.32. The maximum atomic E-state index is 5.83.